The van der Waals surface area contributed by atoms with E-state index in [0.29, 0.717) is 0 Å². The molecule has 1 N–H and O–H groups in total. The van der Waals surface area contributed by atoms with Crippen LogP contribution in [-0.4, -0.2) is 10.9 Å². The number of aromatic nitrogens is 1. The van der Waals surface area contributed by atoms with E-state index in [2.05, 4.69) is 37.4 Å². The second-order valence-electron chi connectivity index (χ2n) is 6.98. The SMILES string of the molecule is Cc1ccc(NC(=O)C2CCc3nc(-c4ccccc4)sc3C2)cc1C. The monoisotopic (exact) mass is 362 g/mol. The number of carbonyl (C=O) groups is 1. The summed E-state index contributed by atoms with van der Waals surface area (Å²) >= 11 is 1.73. The van der Waals surface area contributed by atoms with Gasteiger partial charge in [0.25, 0.3) is 0 Å². The molecule has 1 aliphatic rings. The molecule has 1 aliphatic carbocycles. The van der Waals surface area contributed by atoms with E-state index < -0.39 is 0 Å². The van der Waals surface area contributed by atoms with E-state index in [9.17, 15) is 4.79 Å². The van der Waals surface area contributed by atoms with Crippen molar-refractivity contribution < 1.29 is 4.79 Å². The molecule has 132 valence electrons. The van der Waals surface area contributed by atoms with Gasteiger partial charge in [0.05, 0.1) is 5.69 Å². The Morgan fingerprint density at radius 3 is 2.69 bits per heavy atom. The highest BCUT2D eigenvalue weighted by molar-refractivity contribution is 7.15. The van der Waals surface area contributed by atoms with Gasteiger partial charge in [-0.05, 0) is 56.4 Å². The van der Waals surface area contributed by atoms with Crippen molar-refractivity contribution in [2.45, 2.75) is 33.1 Å². The highest BCUT2D eigenvalue weighted by Crippen LogP contribution is 2.35. The van der Waals surface area contributed by atoms with Gasteiger partial charge >= 0.3 is 0 Å². The lowest BCUT2D eigenvalue weighted by Gasteiger charge is -2.20. The third-order valence-corrected chi connectivity index (χ3v) is 6.27. The molecule has 1 aromatic heterocycles. The Morgan fingerprint density at radius 1 is 1.12 bits per heavy atom. The first-order valence-electron chi connectivity index (χ1n) is 9.02. The van der Waals surface area contributed by atoms with Crippen molar-refractivity contribution in [1.82, 2.24) is 4.98 Å². The number of aryl methyl sites for hydroxylation is 3. The van der Waals surface area contributed by atoms with Crippen LogP contribution in [0.3, 0.4) is 0 Å². The van der Waals surface area contributed by atoms with Crippen molar-refractivity contribution in [3.05, 3.63) is 70.2 Å². The quantitative estimate of drug-likeness (QED) is 0.698. The summed E-state index contributed by atoms with van der Waals surface area (Å²) in [5, 5.41) is 4.16. The molecular weight excluding hydrogens is 340 g/mol. The van der Waals surface area contributed by atoms with Gasteiger partial charge in [-0.15, -0.1) is 11.3 Å². The highest BCUT2D eigenvalue weighted by atomic mass is 32.1. The van der Waals surface area contributed by atoms with Crippen LogP contribution in [-0.2, 0) is 17.6 Å². The Bertz CT molecular complexity index is 946. The maximum Gasteiger partial charge on any atom is 0.227 e. The number of nitrogens with one attached hydrogen (secondary N) is 1. The van der Waals surface area contributed by atoms with Crippen LogP contribution in [0.15, 0.2) is 48.5 Å². The van der Waals surface area contributed by atoms with Crippen LogP contribution < -0.4 is 5.32 Å². The Hall–Kier alpha value is -2.46. The number of hydrogen-bond donors (Lipinski definition) is 1. The number of nitrogens with zero attached hydrogens (tertiary/aromatic N) is 1. The zero-order valence-electron chi connectivity index (χ0n) is 15.1. The van der Waals surface area contributed by atoms with Crippen molar-refractivity contribution in [3.63, 3.8) is 0 Å². The second kappa shape index (κ2) is 7.04. The van der Waals surface area contributed by atoms with Gasteiger partial charge < -0.3 is 5.32 Å². The molecule has 0 bridgehead atoms. The fourth-order valence-corrected chi connectivity index (χ4v) is 4.56. The fraction of sp³-hybridized carbons (Fsp3) is 0.273. The molecule has 3 nitrogen and oxygen atoms in total. The van der Waals surface area contributed by atoms with Gasteiger partial charge in [-0.2, -0.15) is 0 Å². The molecule has 3 aromatic rings. The van der Waals surface area contributed by atoms with E-state index in [1.165, 1.54) is 21.7 Å². The topological polar surface area (TPSA) is 42.0 Å². The van der Waals surface area contributed by atoms with Crippen molar-refractivity contribution in [3.8, 4) is 10.6 Å². The molecule has 1 heterocycles. The lowest BCUT2D eigenvalue weighted by atomic mass is 9.90. The van der Waals surface area contributed by atoms with E-state index in [0.717, 1.165) is 35.5 Å². The molecule has 0 saturated carbocycles. The van der Waals surface area contributed by atoms with Crippen molar-refractivity contribution in [2.75, 3.05) is 5.32 Å². The van der Waals surface area contributed by atoms with Gasteiger partial charge in [0.15, 0.2) is 0 Å². The number of anilines is 1. The minimum absolute atomic E-state index is 0.0215. The fourth-order valence-electron chi connectivity index (χ4n) is 3.37. The Labute approximate surface area is 158 Å². The highest BCUT2D eigenvalue weighted by Gasteiger charge is 2.27. The molecule has 0 spiro atoms. The molecule has 1 unspecified atom stereocenters. The number of rotatable bonds is 3. The molecular formula is C22H22N2OS. The summed E-state index contributed by atoms with van der Waals surface area (Å²) in [6.07, 6.45) is 2.53. The summed E-state index contributed by atoms with van der Waals surface area (Å²) in [6.45, 7) is 4.15. The van der Waals surface area contributed by atoms with Gasteiger partial charge in [-0.1, -0.05) is 36.4 Å². The van der Waals surface area contributed by atoms with E-state index in [-0.39, 0.29) is 11.8 Å². The maximum absolute atomic E-state index is 12.7. The molecule has 4 heteroatoms. The molecule has 26 heavy (non-hydrogen) atoms. The Kier molecular flexibility index (Phi) is 4.60. The van der Waals surface area contributed by atoms with Crippen LogP contribution in [0.1, 0.15) is 28.1 Å². The zero-order chi connectivity index (χ0) is 18.1. The average molecular weight is 362 g/mol. The van der Waals surface area contributed by atoms with Gasteiger partial charge in [0.1, 0.15) is 5.01 Å². The predicted octanol–water partition coefficient (Wildman–Crippen LogP) is 5.17. The number of carbonyl (C=O) groups excluding carboxylic acids is 1. The van der Waals surface area contributed by atoms with Crippen molar-refractivity contribution in [1.29, 1.82) is 0 Å². The van der Waals surface area contributed by atoms with Crippen LogP contribution >= 0.6 is 11.3 Å². The van der Waals surface area contributed by atoms with Crippen LogP contribution in [0.4, 0.5) is 5.69 Å². The number of benzene rings is 2. The molecule has 1 amide bonds. The van der Waals surface area contributed by atoms with Gasteiger partial charge in [-0.3, -0.25) is 4.79 Å². The van der Waals surface area contributed by atoms with Crippen LogP contribution in [0.25, 0.3) is 10.6 Å². The third-order valence-electron chi connectivity index (χ3n) is 5.11. The average Bonchev–Trinajstić information content (AvgIpc) is 3.09. The minimum Gasteiger partial charge on any atom is -0.326 e. The first kappa shape index (κ1) is 17.0. The van der Waals surface area contributed by atoms with Crippen LogP contribution in [0, 0.1) is 19.8 Å². The van der Waals surface area contributed by atoms with Gasteiger partial charge in [0, 0.05) is 22.0 Å². The summed E-state index contributed by atoms with van der Waals surface area (Å²) in [5.41, 5.74) is 5.65. The van der Waals surface area contributed by atoms with Crippen molar-refractivity contribution in [2.24, 2.45) is 5.92 Å². The largest absolute Gasteiger partial charge is 0.326 e. The number of fused-ring (bicyclic) bond motifs is 1. The normalized spacial score (nSPS) is 16.2. The number of amides is 1. The molecule has 0 saturated heterocycles. The maximum atomic E-state index is 12.7. The molecule has 2 aromatic carbocycles. The summed E-state index contributed by atoms with van der Waals surface area (Å²) in [6, 6.07) is 16.4. The lowest BCUT2D eigenvalue weighted by molar-refractivity contribution is -0.120. The van der Waals surface area contributed by atoms with Gasteiger partial charge in [-0.25, -0.2) is 4.98 Å². The first-order chi connectivity index (χ1) is 12.6. The second-order valence-corrected chi connectivity index (χ2v) is 8.07. The number of hydrogen-bond acceptors (Lipinski definition) is 3. The predicted molar refractivity (Wildman–Crippen MR) is 108 cm³/mol. The standard InChI is InChI=1S/C22H22N2OS/c1-14-8-10-18(12-15(14)2)23-21(25)17-9-11-19-20(13-17)26-22(24-19)16-6-4-3-5-7-16/h3-8,10,12,17H,9,11,13H2,1-2H3,(H,23,25). The van der Waals surface area contributed by atoms with Crippen molar-refractivity contribution >= 4 is 22.9 Å². The van der Waals surface area contributed by atoms with E-state index >= 15 is 0 Å². The Morgan fingerprint density at radius 2 is 1.92 bits per heavy atom. The molecule has 0 aliphatic heterocycles. The van der Waals surface area contributed by atoms with Crippen LogP contribution in [0.2, 0.25) is 0 Å². The van der Waals surface area contributed by atoms with E-state index in [4.69, 9.17) is 4.98 Å². The molecule has 4 rings (SSSR count). The van der Waals surface area contributed by atoms with E-state index in [1.54, 1.807) is 11.3 Å². The zero-order valence-corrected chi connectivity index (χ0v) is 15.9. The lowest BCUT2D eigenvalue weighted by Crippen LogP contribution is -2.27. The minimum atomic E-state index is 0.0215. The van der Waals surface area contributed by atoms with E-state index in [1.807, 2.05) is 30.3 Å². The molecule has 1 atom stereocenters. The third kappa shape index (κ3) is 3.42. The summed E-state index contributed by atoms with van der Waals surface area (Å²) in [7, 11) is 0. The summed E-state index contributed by atoms with van der Waals surface area (Å²) in [5.74, 6) is 0.141. The summed E-state index contributed by atoms with van der Waals surface area (Å²) < 4.78 is 0. The molecule has 0 radical (unpaired) electrons. The van der Waals surface area contributed by atoms with Crippen LogP contribution in [0.5, 0.6) is 0 Å². The number of thiazole rings is 1. The Balaban J connectivity index is 1.48. The summed E-state index contributed by atoms with van der Waals surface area (Å²) in [4.78, 5) is 18.8. The first-order valence-corrected chi connectivity index (χ1v) is 9.84. The van der Waals surface area contributed by atoms with Gasteiger partial charge in [0.2, 0.25) is 5.91 Å². The molecule has 0 fully saturated rings. The smallest absolute Gasteiger partial charge is 0.227 e.